The summed E-state index contributed by atoms with van der Waals surface area (Å²) in [6.07, 6.45) is 1.78. The molecule has 0 fully saturated rings. The van der Waals surface area contributed by atoms with Crippen LogP contribution in [0.15, 0.2) is 10.6 Å². The third-order valence-corrected chi connectivity index (χ3v) is 2.07. The number of ether oxygens (including phenoxy) is 1. The third kappa shape index (κ3) is 3.38. The maximum atomic E-state index is 11.2. The molecule has 1 N–H and O–H groups in total. The lowest BCUT2D eigenvalue weighted by Crippen LogP contribution is -2.14. The van der Waals surface area contributed by atoms with E-state index in [1.165, 1.54) is 11.8 Å². The van der Waals surface area contributed by atoms with E-state index in [0.717, 1.165) is 0 Å². The topological polar surface area (TPSA) is 62.1 Å². The van der Waals surface area contributed by atoms with Gasteiger partial charge in [0.2, 0.25) is 0 Å². The highest BCUT2D eigenvalue weighted by Crippen LogP contribution is 2.13. The first-order valence-electron chi connectivity index (χ1n) is 3.74. The number of nitriles is 1. The Morgan fingerprint density at radius 1 is 1.69 bits per heavy atom. The lowest BCUT2D eigenvalue weighted by molar-refractivity contribution is -0.138. The van der Waals surface area contributed by atoms with E-state index in [4.69, 9.17) is 10.00 Å². The lowest BCUT2D eigenvalue weighted by atomic mass is 10.3. The molecule has 4 nitrogen and oxygen atoms in total. The first kappa shape index (κ1) is 11.8. The Balaban J connectivity index is 4.77. The number of hydrogen-bond donors (Lipinski definition) is 1. The van der Waals surface area contributed by atoms with Crippen LogP contribution in [0.3, 0.4) is 0 Å². The molecule has 0 aromatic carbocycles. The van der Waals surface area contributed by atoms with Crippen LogP contribution in [0.2, 0.25) is 0 Å². The molecule has 0 saturated heterocycles. The first-order valence-corrected chi connectivity index (χ1v) is 4.96. The Bertz CT molecular complexity index is 249. The summed E-state index contributed by atoms with van der Waals surface area (Å²) in [5, 5.41) is 12.0. The fourth-order valence-corrected chi connectivity index (χ4v) is 1.26. The number of thioether (sulfide) groups is 1. The predicted molar refractivity (Wildman–Crippen MR) is 51.8 cm³/mol. The predicted octanol–water partition coefficient (Wildman–Crippen LogP) is 0.867. The normalized spacial score (nSPS) is 11.2. The molecule has 0 aromatic heterocycles. The minimum absolute atomic E-state index is 0.0249. The van der Waals surface area contributed by atoms with Crippen LogP contribution < -0.4 is 5.32 Å². The molecular formula is C8H12N2O2S. The van der Waals surface area contributed by atoms with Crippen molar-refractivity contribution in [1.29, 1.82) is 5.26 Å². The highest BCUT2D eigenvalue weighted by molar-refractivity contribution is 8.02. The molecule has 0 aliphatic carbocycles. The molecule has 0 aliphatic heterocycles. The molecule has 0 saturated carbocycles. The van der Waals surface area contributed by atoms with Gasteiger partial charge < -0.3 is 10.1 Å². The van der Waals surface area contributed by atoms with Gasteiger partial charge in [0.15, 0.2) is 5.57 Å². The van der Waals surface area contributed by atoms with Gasteiger partial charge >= 0.3 is 5.97 Å². The van der Waals surface area contributed by atoms with Gasteiger partial charge in [0.05, 0.1) is 11.6 Å². The Morgan fingerprint density at radius 2 is 2.31 bits per heavy atom. The fraction of sp³-hybridized carbons (Fsp3) is 0.500. The summed E-state index contributed by atoms with van der Waals surface area (Å²) in [7, 11) is 1.66. The maximum Gasteiger partial charge on any atom is 0.351 e. The van der Waals surface area contributed by atoms with E-state index < -0.39 is 5.97 Å². The number of nitrogens with zero attached hydrogens (tertiary/aromatic N) is 1. The molecule has 0 unspecified atom stereocenters. The molecule has 0 atom stereocenters. The highest BCUT2D eigenvalue weighted by Gasteiger charge is 2.14. The molecular weight excluding hydrogens is 188 g/mol. The molecule has 0 aliphatic rings. The van der Waals surface area contributed by atoms with Crippen LogP contribution in [-0.4, -0.2) is 25.9 Å². The van der Waals surface area contributed by atoms with Crippen molar-refractivity contribution in [3.8, 4) is 6.07 Å². The zero-order valence-electron chi connectivity index (χ0n) is 7.88. The zero-order chi connectivity index (χ0) is 10.3. The SMILES string of the molecule is CCOC(=O)/C(C#N)=C(/NC)SC. The molecule has 0 radical (unpaired) electrons. The number of rotatable bonds is 4. The van der Waals surface area contributed by atoms with Crippen LogP contribution in [0.5, 0.6) is 0 Å². The summed E-state index contributed by atoms with van der Waals surface area (Å²) in [6.45, 7) is 1.97. The highest BCUT2D eigenvalue weighted by atomic mass is 32.2. The van der Waals surface area contributed by atoms with Crippen molar-refractivity contribution in [3.05, 3.63) is 10.6 Å². The first-order chi connectivity index (χ1) is 6.21. The van der Waals surface area contributed by atoms with Crippen LogP contribution in [0.4, 0.5) is 0 Å². The van der Waals surface area contributed by atoms with Crippen molar-refractivity contribution in [1.82, 2.24) is 5.32 Å². The van der Waals surface area contributed by atoms with Gasteiger partial charge in [-0.1, -0.05) is 0 Å². The molecule has 0 heterocycles. The minimum Gasteiger partial charge on any atom is -0.462 e. The molecule has 0 amide bonds. The van der Waals surface area contributed by atoms with E-state index in [-0.39, 0.29) is 12.2 Å². The quantitative estimate of drug-likeness (QED) is 0.414. The van der Waals surface area contributed by atoms with Gasteiger partial charge in [-0.3, -0.25) is 0 Å². The maximum absolute atomic E-state index is 11.2. The second-order valence-electron chi connectivity index (χ2n) is 1.99. The molecule has 0 spiro atoms. The van der Waals surface area contributed by atoms with Crippen molar-refractivity contribution >= 4 is 17.7 Å². The smallest absolute Gasteiger partial charge is 0.351 e. The molecule has 0 aromatic rings. The van der Waals surface area contributed by atoms with Gasteiger partial charge in [-0.15, -0.1) is 11.8 Å². The van der Waals surface area contributed by atoms with E-state index in [1.54, 1.807) is 20.2 Å². The summed E-state index contributed by atoms with van der Waals surface area (Å²) in [6, 6.07) is 1.81. The van der Waals surface area contributed by atoms with Crippen molar-refractivity contribution in [2.45, 2.75) is 6.92 Å². The van der Waals surface area contributed by atoms with E-state index >= 15 is 0 Å². The van der Waals surface area contributed by atoms with Gasteiger partial charge in [-0.2, -0.15) is 5.26 Å². The average molecular weight is 200 g/mol. The molecule has 5 heteroatoms. The van der Waals surface area contributed by atoms with E-state index in [0.29, 0.717) is 5.03 Å². The summed E-state index contributed by atoms with van der Waals surface area (Å²) >= 11 is 1.30. The van der Waals surface area contributed by atoms with Crippen LogP contribution in [0, 0.1) is 11.3 Å². The van der Waals surface area contributed by atoms with Gasteiger partial charge in [0, 0.05) is 7.05 Å². The van der Waals surface area contributed by atoms with Crippen molar-refractivity contribution in [2.24, 2.45) is 0 Å². The fourth-order valence-electron chi connectivity index (χ4n) is 0.722. The molecule has 0 bridgehead atoms. The second-order valence-corrected chi connectivity index (χ2v) is 2.81. The minimum atomic E-state index is -0.580. The third-order valence-electron chi connectivity index (χ3n) is 1.25. The van der Waals surface area contributed by atoms with Crippen molar-refractivity contribution in [3.63, 3.8) is 0 Å². The Kier molecular flexibility index (Phi) is 5.81. The number of carbonyl (C=O) groups is 1. The zero-order valence-corrected chi connectivity index (χ0v) is 8.70. The Hall–Kier alpha value is -1.15. The van der Waals surface area contributed by atoms with Crippen molar-refractivity contribution < 1.29 is 9.53 Å². The van der Waals surface area contributed by atoms with Crippen LogP contribution in [0.1, 0.15) is 6.92 Å². The largest absolute Gasteiger partial charge is 0.462 e. The summed E-state index contributed by atoms with van der Waals surface area (Å²) < 4.78 is 4.71. The van der Waals surface area contributed by atoms with Crippen molar-refractivity contribution in [2.75, 3.05) is 19.9 Å². The van der Waals surface area contributed by atoms with Gasteiger partial charge in [0.25, 0.3) is 0 Å². The molecule has 13 heavy (non-hydrogen) atoms. The van der Waals surface area contributed by atoms with Crippen LogP contribution >= 0.6 is 11.8 Å². The Labute approximate surface area is 81.9 Å². The Morgan fingerprint density at radius 3 is 2.62 bits per heavy atom. The average Bonchev–Trinajstić information content (AvgIpc) is 2.14. The molecule has 0 rings (SSSR count). The number of carbonyl (C=O) groups excluding carboxylic acids is 1. The van der Waals surface area contributed by atoms with Gasteiger partial charge in [0.1, 0.15) is 6.07 Å². The summed E-state index contributed by atoms with van der Waals surface area (Å²) in [4.78, 5) is 11.2. The number of nitrogens with one attached hydrogen (secondary N) is 1. The number of hydrogen-bond acceptors (Lipinski definition) is 5. The van der Waals surface area contributed by atoms with Gasteiger partial charge in [-0.05, 0) is 13.2 Å². The van der Waals surface area contributed by atoms with Crippen LogP contribution in [-0.2, 0) is 9.53 Å². The van der Waals surface area contributed by atoms with E-state index in [1.807, 2.05) is 6.07 Å². The molecule has 72 valence electrons. The standard InChI is InChI=1S/C8H12N2O2S/c1-4-12-8(11)6(5-9)7(10-2)13-3/h10H,4H2,1-3H3/b7-6-. The second kappa shape index (κ2) is 6.38. The van der Waals surface area contributed by atoms with E-state index in [2.05, 4.69) is 5.32 Å². The lowest BCUT2D eigenvalue weighted by Gasteiger charge is -2.05. The monoisotopic (exact) mass is 200 g/mol. The number of esters is 1. The summed E-state index contributed by atoms with van der Waals surface area (Å²) in [5.41, 5.74) is 0.0249. The van der Waals surface area contributed by atoms with Crippen LogP contribution in [0.25, 0.3) is 0 Å². The van der Waals surface area contributed by atoms with Gasteiger partial charge in [-0.25, -0.2) is 4.79 Å². The van der Waals surface area contributed by atoms with E-state index in [9.17, 15) is 4.79 Å². The summed E-state index contributed by atoms with van der Waals surface area (Å²) in [5.74, 6) is -0.580.